The molecule has 0 aliphatic heterocycles. The molecule has 0 saturated heterocycles. The maximum Gasteiger partial charge on any atom is 0.241 e. The molecular weight excluding hydrogens is 242 g/mol. The van der Waals surface area contributed by atoms with Gasteiger partial charge in [-0.1, -0.05) is 18.2 Å². The summed E-state index contributed by atoms with van der Waals surface area (Å²) in [5.41, 5.74) is 6.56. The number of hydrogen-bond acceptors (Lipinski definition) is 6. The molecule has 0 bridgehead atoms. The van der Waals surface area contributed by atoms with Crippen LogP contribution in [0.4, 0.5) is 17.6 Å². The van der Waals surface area contributed by atoms with Crippen molar-refractivity contribution in [2.45, 2.75) is 0 Å². The summed E-state index contributed by atoms with van der Waals surface area (Å²) in [4.78, 5) is 16.3. The molecule has 7 nitrogen and oxygen atoms in total. The van der Waals surface area contributed by atoms with Crippen molar-refractivity contribution in [2.24, 2.45) is 0 Å². The average Bonchev–Trinajstić information content (AvgIpc) is 2.93. The van der Waals surface area contributed by atoms with E-state index in [1.807, 2.05) is 30.3 Å². The zero-order chi connectivity index (χ0) is 13.1. The number of nitrogen functional groups attached to an aromatic ring is 1. The van der Waals surface area contributed by atoms with Crippen molar-refractivity contribution in [1.29, 1.82) is 0 Å². The van der Waals surface area contributed by atoms with E-state index in [0.717, 1.165) is 5.69 Å². The predicted molar refractivity (Wildman–Crippen MR) is 71.1 cm³/mol. The molecule has 7 heteroatoms. The van der Waals surface area contributed by atoms with Crippen LogP contribution < -0.4 is 11.1 Å². The maximum absolute atomic E-state index is 5.68. The molecule has 2 heterocycles. The average molecular weight is 253 g/mol. The topological polar surface area (TPSA) is 94.5 Å². The van der Waals surface area contributed by atoms with Crippen LogP contribution in [-0.2, 0) is 0 Å². The van der Waals surface area contributed by atoms with Gasteiger partial charge >= 0.3 is 0 Å². The first-order valence-corrected chi connectivity index (χ1v) is 5.63. The predicted octanol–water partition coefficient (Wildman–Crippen LogP) is 1.38. The van der Waals surface area contributed by atoms with E-state index in [0.29, 0.717) is 11.9 Å². The molecular formula is C12H11N7. The number of nitrogens with one attached hydrogen (secondary N) is 1. The van der Waals surface area contributed by atoms with Gasteiger partial charge in [-0.3, -0.25) is 4.57 Å². The Bertz CT molecular complexity index is 664. The van der Waals surface area contributed by atoms with E-state index in [-0.39, 0.29) is 5.95 Å². The van der Waals surface area contributed by atoms with Crippen LogP contribution in [0.1, 0.15) is 0 Å². The summed E-state index contributed by atoms with van der Waals surface area (Å²) in [6.45, 7) is 0. The van der Waals surface area contributed by atoms with Gasteiger partial charge < -0.3 is 11.1 Å². The Hall–Kier alpha value is -2.96. The molecule has 0 aliphatic carbocycles. The summed E-state index contributed by atoms with van der Waals surface area (Å²) < 4.78 is 1.66. The van der Waals surface area contributed by atoms with Crippen molar-refractivity contribution in [1.82, 2.24) is 24.5 Å². The van der Waals surface area contributed by atoms with Crippen molar-refractivity contribution in [3.05, 3.63) is 49.1 Å². The van der Waals surface area contributed by atoms with E-state index in [1.54, 1.807) is 23.3 Å². The van der Waals surface area contributed by atoms with E-state index in [9.17, 15) is 0 Å². The molecule has 3 aromatic rings. The number of rotatable bonds is 3. The SMILES string of the molecule is Nc1nc(Nc2ccccc2)nc(-n2ccnc2)n1. The molecule has 3 N–H and O–H groups in total. The maximum atomic E-state index is 5.68. The molecule has 1 aromatic carbocycles. The van der Waals surface area contributed by atoms with Gasteiger partial charge in [-0.05, 0) is 12.1 Å². The molecule has 0 fully saturated rings. The standard InChI is InChI=1S/C12H11N7/c13-10-16-11(15-9-4-2-1-3-5-9)18-12(17-10)19-7-6-14-8-19/h1-8H,(H3,13,15,16,17,18). The van der Waals surface area contributed by atoms with Crippen LogP contribution >= 0.6 is 0 Å². The van der Waals surface area contributed by atoms with Crippen LogP contribution in [0, 0.1) is 0 Å². The lowest BCUT2D eigenvalue weighted by atomic mass is 10.3. The Kier molecular flexibility index (Phi) is 2.77. The van der Waals surface area contributed by atoms with E-state index < -0.39 is 0 Å². The number of imidazole rings is 1. The van der Waals surface area contributed by atoms with Gasteiger partial charge in [0.05, 0.1) is 0 Å². The van der Waals surface area contributed by atoms with E-state index >= 15 is 0 Å². The second kappa shape index (κ2) is 4.73. The van der Waals surface area contributed by atoms with Crippen molar-refractivity contribution < 1.29 is 0 Å². The number of nitrogens with two attached hydrogens (primary N) is 1. The Balaban J connectivity index is 1.94. The molecule has 0 spiro atoms. The normalized spacial score (nSPS) is 10.3. The molecule has 3 rings (SSSR count). The van der Waals surface area contributed by atoms with Crippen LogP contribution in [0.2, 0.25) is 0 Å². The number of nitrogens with zero attached hydrogens (tertiary/aromatic N) is 5. The molecule has 2 aromatic heterocycles. The Labute approximate surface area is 109 Å². The zero-order valence-electron chi connectivity index (χ0n) is 9.93. The number of benzene rings is 1. The molecule has 94 valence electrons. The van der Waals surface area contributed by atoms with Crippen LogP contribution in [-0.4, -0.2) is 24.5 Å². The van der Waals surface area contributed by atoms with E-state index in [4.69, 9.17) is 5.73 Å². The number of anilines is 3. The number of hydrogen-bond donors (Lipinski definition) is 2. The minimum Gasteiger partial charge on any atom is -0.368 e. The first-order chi connectivity index (χ1) is 9.31. The quantitative estimate of drug-likeness (QED) is 0.732. The highest BCUT2D eigenvalue weighted by Crippen LogP contribution is 2.13. The largest absolute Gasteiger partial charge is 0.368 e. The molecule has 0 radical (unpaired) electrons. The lowest BCUT2D eigenvalue weighted by Crippen LogP contribution is -2.08. The van der Waals surface area contributed by atoms with Gasteiger partial charge in [0.15, 0.2) is 0 Å². The van der Waals surface area contributed by atoms with Gasteiger partial charge in [0.2, 0.25) is 17.8 Å². The fraction of sp³-hybridized carbons (Fsp3) is 0. The molecule has 0 amide bonds. The van der Waals surface area contributed by atoms with Crippen LogP contribution in [0.25, 0.3) is 5.95 Å². The van der Waals surface area contributed by atoms with Gasteiger partial charge in [-0.2, -0.15) is 15.0 Å². The van der Waals surface area contributed by atoms with Gasteiger partial charge in [-0.15, -0.1) is 0 Å². The second-order valence-corrected chi connectivity index (χ2v) is 3.78. The lowest BCUT2D eigenvalue weighted by molar-refractivity contribution is 0.906. The van der Waals surface area contributed by atoms with Gasteiger partial charge in [0.1, 0.15) is 6.33 Å². The Morgan fingerprint density at radius 3 is 2.63 bits per heavy atom. The van der Waals surface area contributed by atoms with E-state index in [2.05, 4.69) is 25.3 Å². The molecule has 0 saturated carbocycles. The van der Waals surface area contributed by atoms with E-state index in [1.165, 1.54) is 0 Å². The fourth-order valence-corrected chi connectivity index (χ4v) is 1.58. The second-order valence-electron chi connectivity index (χ2n) is 3.78. The van der Waals surface area contributed by atoms with Crippen molar-refractivity contribution in [2.75, 3.05) is 11.1 Å². The van der Waals surface area contributed by atoms with Crippen molar-refractivity contribution in [3.63, 3.8) is 0 Å². The third kappa shape index (κ3) is 2.49. The summed E-state index contributed by atoms with van der Waals surface area (Å²) in [6.07, 6.45) is 4.98. The molecule has 19 heavy (non-hydrogen) atoms. The van der Waals surface area contributed by atoms with Crippen LogP contribution in [0.3, 0.4) is 0 Å². The summed E-state index contributed by atoms with van der Waals surface area (Å²) in [6, 6.07) is 9.60. The lowest BCUT2D eigenvalue weighted by Gasteiger charge is -2.07. The fourth-order valence-electron chi connectivity index (χ4n) is 1.58. The highest BCUT2D eigenvalue weighted by atomic mass is 15.3. The Morgan fingerprint density at radius 2 is 1.89 bits per heavy atom. The monoisotopic (exact) mass is 253 g/mol. The number of aromatic nitrogens is 5. The summed E-state index contributed by atoms with van der Waals surface area (Å²) in [5.74, 6) is 0.961. The zero-order valence-corrected chi connectivity index (χ0v) is 9.93. The van der Waals surface area contributed by atoms with Gasteiger partial charge in [0.25, 0.3) is 0 Å². The Morgan fingerprint density at radius 1 is 1.05 bits per heavy atom. The van der Waals surface area contributed by atoms with Gasteiger partial charge in [0, 0.05) is 18.1 Å². The highest BCUT2D eigenvalue weighted by Gasteiger charge is 2.06. The minimum absolute atomic E-state index is 0.150. The first-order valence-electron chi connectivity index (χ1n) is 5.63. The highest BCUT2D eigenvalue weighted by molar-refractivity contribution is 5.53. The molecule has 0 atom stereocenters. The summed E-state index contributed by atoms with van der Waals surface area (Å²) in [7, 11) is 0. The summed E-state index contributed by atoms with van der Waals surface area (Å²) >= 11 is 0. The minimum atomic E-state index is 0.150. The van der Waals surface area contributed by atoms with Gasteiger partial charge in [-0.25, -0.2) is 4.98 Å². The number of para-hydroxylation sites is 1. The smallest absolute Gasteiger partial charge is 0.241 e. The van der Waals surface area contributed by atoms with Crippen molar-refractivity contribution in [3.8, 4) is 5.95 Å². The first kappa shape index (κ1) is 11.1. The molecule has 0 aliphatic rings. The molecule has 0 unspecified atom stereocenters. The summed E-state index contributed by atoms with van der Waals surface area (Å²) in [5, 5.41) is 3.07. The van der Waals surface area contributed by atoms with Crippen molar-refractivity contribution >= 4 is 17.6 Å². The van der Waals surface area contributed by atoms with Crippen LogP contribution in [0.15, 0.2) is 49.1 Å². The van der Waals surface area contributed by atoms with Crippen LogP contribution in [0.5, 0.6) is 0 Å². The third-order valence-corrected chi connectivity index (χ3v) is 2.41. The third-order valence-electron chi connectivity index (χ3n) is 2.41.